The van der Waals surface area contributed by atoms with Crippen LogP contribution in [0, 0.1) is 0 Å². The van der Waals surface area contributed by atoms with Gasteiger partial charge in [0.05, 0.1) is 4.90 Å². The second-order valence-electron chi connectivity index (χ2n) is 2.69. The van der Waals surface area contributed by atoms with Gasteiger partial charge in [-0.2, -0.15) is 0 Å². The quantitative estimate of drug-likeness (QED) is 0.653. The molecule has 4 nitrogen and oxygen atoms in total. The minimum atomic E-state index is -1.33. The molecule has 0 radical (unpaired) electrons. The Kier molecular flexibility index (Phi) is 4.43. The van der Waals surface area contributed by atoms with Gasteiger partial charge in [0.2, 0.25) is 0 Å². The second-order valence-corrected chi connectivity index (χ2v) is 3.90. The lowest BCUT2D eigenvalue weighted by Crippen LogP contribution is -2.22. The summed E-state index contributed by atoms with van der Waals surface area (Å²) in [5.41, 5.74) is 10.7. The molecule has 0 fully saturated rings. The highest BCUT2D eigenvalue weighted by Gasteiger charge is 2.01. The van der Waals surface area contributed by atoms with Crippen molar-refractivity contribution in [2.24, 2.45) is 11.5 Å². The molecular formula is C10H13N3OS. The van der Waals surface area contributed by atoms with Gasteiger partial charge in [0.25, 0.3) is 0 Å². The van der Waals surface area contributed by atoms with Gasteiger partial charge in [-0.1, -0.05) is 18.2 Å². The molecule has 1 aromatic rings. The minimum Gasteiger partial charge on any atom is -0.405 e. The fraction of sp³-hybridized carbons (Fsp3) is 0. The maximum Gasteiger partial charge on any atom is 0.151 e. The maximum absolute atomic E-state index is 11.6. The molecule has 0 aromatic heterocycles. The number of nitrogens with two attached hydrogens (primary N) is 2. The van der Waals surface area contributed by atoms with Gasteiger partial charge in [-0.3, -0.25) is 4.72 Å². The predicted molar refractivity (Wildman–Crippen MR) is 61.6 cm³/mol. The van der Waals surface area contributed by atoms with Crippen molar-refractivity contribution in [3.05, 3.63) is 54.5 Å². The molecule has 5 N–H and O–H groups in total. The standard InChI is InChI=1S/C10H13N3OS/c11-8-4-7-10(12)13-15(14)9-5-2-1-3-6-9/h1-8,13H,11-12H2/b8-4-,10-7+. The molecule has 1 unspecified atom stereocenters. The Labute approximate surface area is 91.3 Å². The number of nitrogens with one attached hydrogen (secondary N) is 1. The largest absolute Gasteiger partial charge is 0.405 e. The Morgan fingerprint density at radius 1 is 1.33 bits per heavy atom. The molecule has 0 saturated heterocycles. The third-order valence-corrected chi connectivity index (χ3v) is 2.68. The van der Waals surface area contributed by atoms with Crippen LogP contribution in [-0.2, 0) is 11.0 Å². The van der Waals surface area contributed by atoms with Crippen LogP contribution in [0.5, 0.6) is 0 Å². The normalized spacial score (nSPS) is 14.0. The Bertz CT molecular complexity index is 387. The van der Waals surface area contributed by atoms with Crippen molar-refractivity contribution in [2.75, 3.05) is 0 Å². The monoisotopic (exact) mass is 223 g/mol. The molecule has 0 aliphatic carbocycles. The van der Waals surface area contributed by atoms with Gasteiger partial charge in [-0.05, 0) is 30.5 Å². The van der Waals surface area contributed by atoms with Crippen molar-refractivity contribution < 1.29 is 4.21 Å². The molecule has 0 heterocycles. The van der Waals surface area contributed by atoms with Gasteiger partial charge >= 0.3 is 0 Å². The van der Waals surface area contributed by atoms with Crippen molar-refractivity contribution in [3.8, 4) is 0 Å². The van der Waals surface area contributed by atoms with E-state index in [9.17, 15) is 4.21 Å². The summed E-state index contributed by atoms with van der Waals surface area (Å²) in [6.07, 6.45) is 4.45. The van der Waals surface area contributed by atoms with Gasteiger partial charge in [0.1, 0.15) is 5.82 Å². The zero-order valence-electron chi connectivity index (χ0n) is 8.09. The third kappa shape index (κ3) is 3.86. The molecular weight excluding hydrogens is 210 g/mol. The van der Waals surface area contributed by atoms with E-state index >= 15 is 0 Å². The predicted octanol–water partition coefficient (Wildman–Crippen LogP) is 0.571. The molecule has 80 valence electrons. The first kappa shape index (κ1) is 11.3. The topological polar surface area (TPSA) is 81.1 Å². The molecule has 0 amide bonds. The molecule has 0 spiro atoms. The number of rotatable bonds is 4. The van der Waals surface area contributed by atoms with Crippen molar-refractivity contribution in [2.45, 2.75) is 4.90 Å². The van der Waals surface area contributed by atoms with Gasteiger partial charge < -0.3 is 11.5 Å². The fourth-order valence-electron chi connectivity index (χ4n) is 0.903. The van der Waals surface area contributed by atoms with Gasteiger partial charge in [-0.25, -0.2) is 4.21 Å². The van der Waals surface area contributed by atoms with E-state index in [1.165, 1.54) is 6.20 Å². The van der Waals surface area contributed by atoms with Crippen molar-refractivity contribution >= 4 is 11.0 Å². The maximum atomic E-state index is 11.6. The SMILES string of the molecule is N/C=C\C=C(/N)NS(=O)c1ccccc1. The number of benzene rings is 1. The molecule has 5 heteroatoms. The Hall–Kier alpha value is -1.75. The lowest BCUT2D eigenvalue weighted by molar-refractivity contribution is 0.678. The molecule has 0 saturated carbocycles. The summed E-state index contributed by atoms with van der Waals surface area (Å²) in [6.45, 7) is 0. The van der Waals surface area contributed by atoms with Crippen LogP contribution in [0.1, 0.15) is 0 Å². The van der Waals surface area contributed by atoms with Crippen molar-refractivity contribution in [1.29, 1.82) is 0 Å². The van der Waals surface area contributed by atoms with Crippen LogP contribution in [0.15, 0.2) is 59.4 Å². The number of hydrogen-bond donors (Lipinski definition) is 3. The van der Waals surface area contributed by atoms with E-state index < -0.39 is 11.0 Å². The van der Waals surface area contributed by atoms with E-state index in [1.54, 1.807) is 24.3 Å². The molecule has 1 atom stereocenters. The lowest BCUT2D eigenvalue weighted by atomic mass is 10.4. The summed E-state index contributed by atoms with van der Waals surface area (Å²) in [5.74, 6) is 0.305. The van der Waals surface area contributed by atoms with Crippen LogP contribution >= 0.6 is 0 Å². The fourth-order valence-corrected chi connectivity index (χ4v) is 1.71. The Morgan fingerprint density at radius 2 is 2.00 bits per heavy atom. The van der Waals surface area contributed by atoms with E-state index in [0.717, 1.165) is 0 Å². The van der Waals surface area contributed by atoms with Gasteiger partial charge in [-0.15, -0.1) is 0 Å². The summed E-state index contributed by atoms with van der Waals surface area (Å²) >= 11 is 0. The van der Waals surface area contributed by atoms with Gasteiger partial charge in [0, 0.05) is 0 Å². The second kappa shape index (κ2) is 5.87. The highest BCUT2D eigenvalue weighted by molar-refractivity contribution is 7.83. The third-order valence-electron chi connectivity index (χ3n) is 1.55. The van der Waals surface area contributed by atoms with Crippen molar-refractivity contribution in [3.63, 3.8) is 0 Å². The Balaban J connectivity index is 2.64. The summed E-state index contributed by atoms with van der Waals surface area (Å²) < 4.78 is 14.3. The summed E-state index contributed by atoms with van der Waals surface area (Å²) in [7, 11) is -1.33. The van der Waals surface area contributed by atoms with E-state index in [4.69, 9.17) is 11.5 Å². The van der Waals surface area contributed by atoms with Crippen LogP contribution in [0.4, 0.5) is 0 Å². The summed E-state index contributed by atoms with van der Waals surface area (Å²) in [6, 6.07) is 9.00. The zero-order valence-corrected chi connectivity index (χ0v) is 8.91. The lowest BCUT2D eigenvalue weighted by Gasteiger charge is -2.04. The molecule has 1 rings (SSSR count). The van der Waals surface area contributed by atoms with Crippen LogP contribution < -0.4 is 16.2 Å². The molecule has 1 aromatic carbocycles. The van der Waals surface area contributed by atoms with Crippen LogP contribution in [0.25, 0.3) is 0 Å². The summed E-state index contributed by atoms with van der Waals surface area (Å²) in [5, 5.41) is 0. The minimum absolute atomic E-state index is 0.305. The molecule has 0 bridgehead atoms. The first-order valence-electron chi connectivity index (χ1n) is 4.31. The highest BCUT2D eigenvalue weighted by atomic mass is 32.2. The van der Waals surface area contributed by atoms with Crippen LogP contribution in [0.3, 0.4) is 0 Å². The average molecular weight is 223 g/mol. The summed E-state index contributed by atoms with van der Waals surface area (Å²) in [4.78, 5) is 0.672. The van der Waals surface area contributed by atoms with Gasteiger partial charge in [0.15, 0.2) is 11.0 Å². The number of allylic oxidation sites excluding steroid dienone is 2. The van der Waals surface area contributed by atoms with E-state index in [2.05, 4.69) is 4.72 Å². The Morgan fingerprint density at radius 3 is 2.60 bits per heavy atom. The zero-order chi connectivity index (χ0) is 11.1. The van der Waals surface area contributed by atoms with E-state index in [0.29, 0.717) is 10.7 Å². The van der Waals surface area contributed by atoms with E-state index in [-0.39, 0.29) is 0 Å². The number of hydrogen-bond acceptors (Lipinski definition) is 3. The smallest absolute Gasteiger partial charge is 0.151 e. The van der Waals surface area contributed by atoms with Crippen LogP contribution in [0.2, 0.25) is 0 Å². The first-order chi connectivity index (χ1) is 7.24. The molecule has 0 aliphatic rings. The highest BCUT2D eigenvalue weighted by Crippen LogP contribution is 2.03. The van der Waals surface area contributed by atoms with Crippen LogP contribution in [-0.4, -0.2) is 4.21 Å². The average Bonchev–Trinajstić information content (AvgIpc) is 2.27. The van der Waals surface area contributed by atoms with Crippen molar-refractivity contribution in [1.82, 2.24) is 4.72 Å². The molecule has 0 aliphatic heterocycles. The first-order valence-corrected chi connectivity index (χ1v) is 5.46. The van der Waals surface area contributed by atoms with E-state index in [1.807, 2.05) is 18.2 Å². The molecule has 15 heavy (non-hydrogen) atoms.